The van der Waals surface area contributed by atoms with E-state index in [9.17, 15) is 21.6 Å². The highest BCUT2D eigenvalue weighted by Crippen LogP contribution is 2.28. The third-order valence-corrected chi connectivity index (χ3v) is 5.26. The molecule has 1 heterocycles. The van der Waals surface area contributed by atoms with Gasteiger partial charge < -0.3 is 9.57 Å². The van der Waals surface area contributed by atoms with E-state index in [4.69, 9.17) is 16.4 Å². The Morgan fingerprint density at radius 1 is 1.35 bits per heavy atom. The lowest BCUT2D eigenvalue weighted by Crippen LogP contribution is -2.28. The molecule has 0 spiro atoms. The van der Waals surface area contributed by atoms with Gasteiger partial charge in [0.05, 0.1) is 11.6 Å². The Kier molecular flexibility index (Phi) is 4.81. The third kappa shape index (κ3) is 4.74. The first-order valence-corrected chi connectivity index (χ1v) is 8.60. The van der Waals surface area contributed by atoms with Crippen LogP contribution >= 0.6 is 11.6 Å². The Morgan fingerprint density at radius 3 is 2.43 bits per heavy atom. The smallest absolute Gasteiger partial charge is 0.406 e. The van der Waals surface area contributed by atoms with E-state index in [2.05, 4.69) is 9.89 Å². The fourth-order valence-corrected chi connectivity index (χ4v) is 3.49. The molecule has 1 aromatic carbocycles. The van der Waals surface area contributed by atoms with Crippen molar-refractivity contribution in [1.29, 1.82) is 0 Å². The number of nitrogens with zero attached hydrogens (tertiary/aromatic N) is 1. The quantitative estimate of drug-likeness (QED) is 0.762. The zero-order valence-corrected chi connectivity index (χ0v) is 13.5. The van der Waals surface area contributed by atoms with E-state index >= 15 is 0 Å². The van der Waals surface area contributed by atoms with Crippen LogP contribution in [0.1, 0.15) is 18.9 Å². The molecule has 1 atom stereocenters. The molecule has 5 nitrogen and oxygen atoms in total. The van der Waals surface area contributed by atoms with Crippen LogP contribution in [0, 0.1) is 0 Å². The van der Waals surface area contributed by atoms with E-state index in [1.807, 2.05) is 0 Å². The van der Waals surface area contributed by atoms with Crippen LogP contribution in [0.3, 0.4) is 0 Å². The zero-order valence-electron chi connectivity index (χ0n) is 11.9. The van der Waals surface area contributed by atoms with Crippen LogP contribution in [-0.2, 0) is 20.4 Å². The fourth-order valence-electron chi connectivity index (χ4n) is 1.87. The zero-order chi connectivity index (χ0) is 17.3. The van der Waals surface area contributed by atoms with Crippen molar-refractivity contribution >= 4 is 26.5 Å². The second kappa shape index (κ2) is 6.20. The maximum Gasteiger partial charge on any atom is 0.573 e. The number of hydrogen-bond acceptors (Lipinski definition) is 5. The van der Waals surface area contributed by atoms with Crippen LogP contribution in [0.2, 0.25) is 0 Å². The second-order valence-electron chi connectivity index (χ2n) is 5.29. The fraction of sp³-hybridized carbons (Fsp3) is 0.462. The maximum atomic E-state index is 12.3. The predicted molar refractivity (Wildman–Crippen MR) is 78.0 cm³/mol. The van der Waals surface area contributed by atoms with Crippen molar-refractivity contribution in [1.82, 2.24) is 0 Å². The van der Waals surface area contributed by atoms with Gasteiger partial charge in [0.25, 0.3) is 0 Å². The molecule has 0 aromatic heterocycles. The molecule has 0 saturated carbocycles. The molecule has 10 heteroatoms. The summed E-state index contributed by atoms with van der Waals surface area (Å²) < 4.78 is 64.4. The lowest BCUT2D eigenvalue weighted by Gasteiger charge is -2.16. The molecule has 1 aliphatic heterocycles. The van der Waals surface area contributed by atoms with Gasteiger partial charge in [-0.2, -0.15) is 0 Å². The Morgan fingerprint density at radius 2 is 1.96 bits per heavy atom. The Balaban J connectivity index is 2.07. The van der Waals surface area contributed by atoms with Crippen LogP contribution in [0.5, 0.6) is 5.75 Å². The van der Waals surface area contributed by atoms with Gasteiger partial charge in [-0.3, -0.25) is 0 Å². The molecular weight excluding hydrogens is 359 g/mol. The average Bonchev–Trinajstić information content (AvgIpc) is 2.84. The molecule has 0 bridgehead atoms. The summed E-state index contributed by atoms with van der Waals surface area (Å²) in [5, 5.41) is 3.44. The summed E-state index contributed by atoms with van der Waals surface area (Å²) in [5.41, 5.74) is -0.560. The molecule has 2 rings (SSSR count). The van der Waals surface area contributed by atoms with Gasteiger partial charge in [0, 0.05) is 6.42 Å². The van der Waals surface area contributed by atoms with E-state index < -0.39 is 33.3 Å². The van der Waals surface area contributed by atoms with Gasteiger partial charge in [0.2, 0.25) is 0 Å². The molecule has 0 fully saturated rings. The van der Waals surface area contributed by atoms with Gasteiger partial charge in [0.15, 0.2) is 20.5 Å². The van der Waals surface area contributed by atoms with Crippen molar-refractivity contribution in [3.8, 4) is 5.75 Å². The monoisotopic (exact) mass is 371 g/mol. The summed E-state index contributed by atoms with van der Waals surface area (Å²) in [6.45, 7) is 1.63. The van der Waals surface area contributed by atoms with Crippen LogP contribution in [-0.4, -0.2) is 31.3 Å². The minimum absolute atomic E-state index is 0.0497. The first-order valence-electron chi connectivity index (χ1n) is 6.41. The average molecular weight is 372 g/mol. The number of oxime groups is 1. The minimum atomic E-state index is -4.80. The number of sulfone groups is 1. The van der Waals surface area contributed by atoms with E-state index in [1.165, 1.54) is 12.1 Å². The highest BCUT2D eigenvalue weighted by atomic mass is 35.5. The Hall–Kier alpha value is -1.48. The topological polar surface area (TPSA) is 65.0 Å². The number of alkyl halides is 4. The third-order valence-electron chi connectivity index (χ3n) is 3.05. The lowest BCUT2D eigenvalue weighted by atomic mass is 10.1. The summed E-state index contributed by atoms with van der Waals surface area (Å²) in [4.78, 5) is 5.03. The minimum Gasteiger partial charge on any atom is -0.406 e. The Labute approximate surface area is 135 Å². The van der Waals surface area contributed by atoms with Gasteiger partial charge in [-0.15, -0.1) is 24.8 Å². The maximum absolute atomic E-state index is 12.3. The molecule has 0 saturated heterocycles. The van der Waals surface area contributed by atoms with Gasteiger partial charge in [-0.25, -0.2) is 8.42 Å². The molecule has 0 aliphatic carbocycles. The molecule has 0 N–H and O–H groups in total. The molecule has 0 radical (unpaired) electrons. The second-order valence-corrected chi connectivity index (χ2v) is 7.54. The number of ether oxygens (including phenoxy) is 1. The number of halogens is 4. The lowest BCUT2D eigenvalue weighted by molar-refractivity contribution is -0.274. The molecular formula is C13H13ClF3NO4S. The van der Waals surface area contributed by atoms with Crippen molar-refractivity contribution in [3.63, 3.8) is 0 Å². The predicted octanol–water partition coefficient (Wildman–Crippen LogP) is 3.23. The van der Waals surface area contributed by atoms with Crippen molar-refractivity contribution in [2.24, 2.45) is 5.16 Å². The number of hydrogen-bond donors (Lipinski definition) is 0. The van der Waals surface area contributed by atoms with E-state index in [0.717, 1.165) is 12.1 Å². The van der Waals surface area contributed by atoms with Crippen molar-refractivity contribution in [3.05, 3.63) is 29.8 Å². The summed E-state index contributed by atoms with van der Waals surface area (Å²) in [5.74, 6) is -0.742. The summed E-state index contributed by atoms with van der Waals surface area (Å²) in [7, 11) is -3.74. The van der Waals surface area contributed by atoms with Gasteiger partial charge >= 0.3 is 6.36 Å². The standard InChI is InChI=1S/C13H13ClF3NO4S/c1-12(8-14)6-11(18-22-12)23(19,20)7-9-2-4-10(5-3-9)21-13(15,16)17/h2-5H,6-8H2,1H3. The van der Waals surface area contributed by atoms with Crippen molar-refractivity contribution in [2.75, 3.05) is 5.88 Å². The normalized spacial score (nSPS) is 21.7. The van der Waals surface area contributed by atoms with E-state index in [1.54, 1.807) is 6.92 Å². The number of rotatable bonds is 4. The molecule has 0 amide bonds. The number of benzene rings is 1. The largest absolute Gasteiger partial charge is 0.573 e. The van der Waals surface area contributed by atoms with Crippen LogP contribution in [0.4, 0.5) is 13.2 Å². The van der Waals surface area contributed by atoms with Gasteiger partial charge in [-0.1, -0.05) is 17.3 Å². The van der Waals surface area contributed by atoms with Gasteiger partial charge in [-0.05, 0) is 24.6 Å². The first kappa shape index (κ1) is 17.9. The highest BCUT2D eigenvalue weighted by Gasteiger charge is 2.39. The van der Waals surface area contributed by atoms with Crippen molar-refractivity contribution < 1.29 is 31.2 Å². The van der Waals surface area contributed by atoms with Crippen LogP contribution in [0.15, 0.2) is 29.4 Å². The van der Waals surface area contributed by atoms with Gasteiger partial charge in [0.1, 0.15) is 5.75 Å². The summed E-state index contributed by atoms with van der Waals surface area (Å²) in [6, 6.07) is 4.59. The molecule has 23 heavy (non-hydrogen) atoms. The van der Waals surface area contributed by atoms with E-state index in [-0.39, 0.29) is 17.3 Å². The van der Waals surface area contributed by atoms with E-state index in [0.29, 0.717) is 5.56 Å². The Bertz CT molecular complexity index is 703. The summed E-state index contributed by atoms with van der Waals surface area (Å²) >= 11 is 5.70. The molecule has 1 aliphatic rings. The SMILES string of the molecule is CC1(CCl)CC(S(=O)(=O)Cc2ccc(OC(F)(F)F)cc2)=NO1. The van der Waals surface area contributed by atoms with Crippen LogP contribution in [0.25, 0.3) is 0 Å². The first-order chi connectivity index (χ1) is 10.5. The molecule has 1 unspecified atom stereocenters. The molecule has 1 aromatic rings. The van der Waals surface area contributed by atoms with Crippen molar-refractivity contribution in [2.45, 2.75) is 31.1 Å². The highest BCUT2D eigenvalue weighted by molar-refractivity contribution is 8.05. The van der Waals surface area contributed by atoms with Crippen LogP contribution < -0.4 is 4.74 Å². The molecule has 128 valence electrons. The summed E-state index contributed by atoms with van der Waals surface area (Å²) in [6.07, 6.45) is -4.75.